The molecule has 2 heterocycles. The summed E-state index contributed by atoms with van der Waals surface area (Å²) in [5.74, 6) is 0.600. The van der Waals surface area contributed by atoms with Crippen molar-refractivity contribution in [2.75, 3.05) is 25.0 Å². The third-order valence-electron chi connectivity index (χ3n) is 4.12. The minimum atomic E-state index is -0.176. The van der Waals surface area contributed by atoms with E-state index >= 15 is 0 Å². The number of ether oxygens (including phenoxy) is 1. The molecular formula is C19H23N3O2S. The van der Waals surface area contributed by atoms with Crippen molar-refractivity contribution in [2.45, 2.75) is 26.8 Å². The summed E-state index contributed by atoms with van der Waals surface area (Å²) in [6.07, 6.45) is 4.25. The Morgan fingerprint density at radius 3 is 3.04 bits per heavy atom. The number of amides is 1. The second kappa shape index (κ2) is 8.27. The predicted octanol–water partition coefficient (Wildman–Crippen LogP) is 3.57. The van der Waals surface area contributed by atoms with Gasteiger partial charge in [-0.1, -0.05) is 25.1 Å². The first-order chi connectivity index (χ1) is 12.2. The maximum Gasteiger partial charge on any atom is 0.250 e. The van der Waals surface area contributed by atoms with Gasteiger partial charge in [-0.2, -0.15) is 0 Å². The van der Waals surface area contributed by atoms with Gasteiger partial charge >= 0.3 is 0 Å². The maximum atomic E-state index is 12.2. The Hall–Kier alpha value is -2.18. The molecule has 0 fully saturated rings. The fraction of sp³-hybridized carbons (Fsp3) is 0.368. The van der Waals surface area contributed by atoms with Gasteiger partial charge in [0.05, 0.1) is 12.3 Å². The predicted molar refractivity (Wildman–Crippen MR) is 102 cm³/mol. The molecule has 1 aromatic heterocycles. The fourth-order valence-corrected chi connectivity index (χ4v) is 3.84. The lowest BCUT2D eigenvalue weighted by molar-refractivity contribution is -0.111. The average molecular weight is 357 g/mol. The molecule has 0 atom stereocenters. The molecule has 132 valence electrons. The third-order valence-corrected chi connectivity index (χ3v) is 5.12. The molecule has 0 unspecified atom stereocenters. The van der Waals surface area contributed by atoms with E-state index in [1.54, 1.807) is 17.4 Å². The van der Waals surface area contributed by atoms with E-state index < -0.39 is 0 Å². The van der Waals surface area contributed by atoms with Crippen LogP contribution in [0.3, 0.4) is 0 Å². The molecule has 0 spiro atoms. The van der Waals surface area contributed by atoms with Crippen LogP contribution in [0.25, 0.3) is 6.08 Å². The van der Waals surface area contributed by atoms with Crippen molar-refractivity contribution < 1.29 is 9.53 Å². The Bertz CT molecular complexity index is 770. The first-order valence-electron chi connectivity index (χ1n) is 8.61. The molecule has 0 radical (unpaired) electrons. The van der Waals surface area contributed by atoms with Crippen molar-refractivity contribution >= 4 is 28.5 Å². The van der Waals surface area contributed by atoms with E-state index in [2.05, 4.69) is 22.1 Å². The zero-order chi connectivity index (χ0) is 17.6. The van der Waals surface area contributed by atoms with Gasteiger partial charge in [0.2, 0.25) is 5.91 Å². The monoisotopic (exact) mass is 357 g/mol. The summed E-state index contributed by atoms with van der Waals surface area (Å²) in [6, 6.07) is 7.67. The van der Waals surface area contributed by atoms with Crippen LogP contribution < -0.4 is 10.1 Å². The van der Waals surface area contributed by atoms with Crippen molar-refractivity contribution in [2.24, 2.45) is 0 Å². The molecule has 3 rings (SSSR count). The molecule has 6 heteroatoms. The van der Waals surface area contributed by atoms with Gasteiger partial charge in [-0.15, -0.1) is 11.3 Å². The largest absolute Gasteiger partial charge is 0.493 e. The van der Waals surface area contributed by atoms with Gasteiger partial charge in [-0.05, 0) is 25.6 Å². The highest BCUT2D eigenvalue weighted by Crippen LogP contribution is 2.28. The number of carbonyl (C=O) groups excluding carboxylic acids is 1. The van der Waals surface area contributed by atoms with Crippen LogP contribution in [0.1, 0.15) is 30.0 Å². The van der Waals surface area contributed by atoms with Gasteiger partial charge in [0.15, 0.2) is 5.13 Å². The van der Waals surface area contributed by atoms with Crippen molar-refractivity contribution in [1.82, 2.24) is 9.88 Å². The number of thiazole rings is 1. The number of carbonyl (C=O) groups is 1. The number of benzene rings is 1. The second-order valence-electron chi connectivity index (χ2n) is 5.80. The summed E-state index contributed by atoms with van der Waals surface area (Å²) < 4.78 is 5.57. The van der Waals surface area contributed by atoms with Crippen LogP contribution in [0.15, 0.2) is 30.3 Å². The average Bonchev–Trinajstić information content (AvgIpc) is 3.02. The van der Waals surface area contributed by atoms with Gasteiger partial charge in [-0.25, -0.2) is 4.98 Å². The first-order valence-corrected chi connectivity index (χ1v) is 9.43. The van der Waals surface area contributed by atoms with Crippen LogP contribution >= 0.6 is 11.3 Å². The summed E-state index contributed by atoms with van der Waals surface area (Å²) in [4.78, 5) is 20.4. The van der Waals surface area contributed by atoms with Crippen LogP contribution in [0.4, 0.5) is 5.13 Å². The molecule has 1 aliphatic rings. The molecule has 0 aliphatic carbocycles. The number of rotatable bonds is 6. The highest BCUT2D eigenvalue weighted by atomic mass is 32.1. The Labute approximate surface area is 152 Å². The number of fused-ring (bicyclic) bond motifs is 1. The SMILES string of the molecule is CCOc1ccccc1/C=C/C(=O)Nc1nc2c(s1)CN(CC)CC2. The molecule has 2 aromatic rings. The molecule has 25 heavy (non-hydrogen) atoms. The molecule has 1 aromatic carbocycles. The van der Waals surface area contributed by atoms with Gasteiger partial charge in [0.25, 0.3) is 0 Å². The number of anilines is 1. The summed E-state index contributed by atoms with van der Waals surface area (Å²) in [6.45, 7) is 7.71. The lowest BCUT2D eigenvalue weighted by atomic mass is 10.2. The van der Waals surface area contributed by atoms with Crippen molar-refractivity contribution in [1.29, 1.82) is 0 Å². The van der Waals surface area contributed by atoms with Crippen LogP contribution in [-0.4, -0.2) is 35.5 Å². The summed E-state index contributed by atoms with van der Waals surface area (Å²) in [7, 11) is 0. The minimum Gasteiger partial charge on any atom is -0.493 e. The van der Waals surface area contributed by atoms with Crippen LogP contribution in [0.5, 0.6) is 5.75 Å². The number of hydrogen-bond acceptors (Lipinski definition) is 5. The normalized spacial score (nSPS) is 14.5. The first kappa shape index (κ1) is 17.6. The standard InChI is InChI=1S/C19H23N3O2S/c1-3-22-12-11-15-17(13-22)25-19(20-15)21-18(23)10-9-14-7-5-6-8-16(14)24-4-2/h5-10H,3-4,11-13H2,1-2H3,(H,20,21,23)/b10-9+. The smallest absolute Gasteiger partial charge is 0.250 e. The molecule has 0 saturated heterocycles. The van der Waals surface area contributed by atoms with Crippen molar-refractivity contribution in [3.05, 3.63) is 46.5 Å². The van der Waals surface area contributed by atoms with E-state index in [9.17, 15) is 4.79 Å². The fourth-order valence-electron chi connectivity index (χ4n) is 2.79. The number of para-hydroxylation sites is 1. The van der Waals surface area contributed by atoms with Crippen molar-refractivity contribution in [3.63, 3.8) is 0 Å². The molecule has 0 bridgehead atoms. The summed E-state index contributed by atoms with van der Waals surface area (Å²) >= 11 is 1.57. The van der Waals surface area contributed by atoms with E-state index in [1.165, 1.54) is 11.0 Å². The molecule has 5 nitrogen and oxygen atoms in total. The van der Waals surface area contributed by atoms with Gasteiger partial charge < -0.3 is 4.74 Å². The van der Waals surface area contributed by atoms with E-state index in [-0.39, 0.29) is 5.91 Å². The maximum absolute atomic E-state index is 12.2. The van der Waals surface area contributed by atoms with Gasteiger partial charge in [0.1, 0.15) is 5.75 Å². The highest BCUT2D eigenvalue weighted by molar-refractivity contribution is 7.15. The van der Waals surface area contributed by atoms with E-state index in [0.717, 1.165) is 43.1 Å². The van der Waals surface area contributed by atoms with Crippen molar-refractivity contribution in [3.8, 4) is 5.75 Å². The zero-order valence-corrected chi connectivity index (χ0v) is 15.4. The quantitative estimate of drug-likeness (QED) is 0.803. The molecule has 1 amide bonds. The molecule has 1 N–H and O–H groups in total. The number of likely N-dealkylation sites (N-methyl/N-ethyl adjacent to an activating group) is 1. The number of nitrogens with zero attached hydrogens (tertiary/aromatic N) is 2. The lowest BCUT2D eigenvalue weighted by Gasteiger charge is -2.23. The van der Waals surface area contributed by atoms with E-state index in [1.807, 2.05) is 31.2 Å². The summed E-state index contributed by atoms with van der Waals surface area (Å²) in [5.41, 5.74) is 2.01. The Morgan fingerprint density at radius 1 is 1.40 bits per heavy atom. The van der Waals surface area contributed by atoms with E-state index in [0.29, 0.717) is 11.7 Å². The van der Waals surface area contributed by atoms with Crippen LogP contribution in [-0.2, 0) is 17.8 Å². The Kier molecular flexibility index (Phi) is 5.83. The highest BCUT2D eigenvalue weighted by Gasteiger charge is 2.19. The topological polar surface area (TPSA) is 54.5 Å². The third kappa shape index (κ3) is 4.46. The zero-order valence-electron chi connectivity index (χ0n) is 14.6. The molecular weight excluding hydrogens is 334 g/mol. The molecule has 1 aliphatic heterocycles. The summed E-state index contributed by atoms with van der Waals surface area (Å²) in [5, 5.41) is 3.55. The minimum absolute atomic E-state index is 0.176. The van der Waals surface area contributed by atoms with Gasteiger partial charge in [0, 0.05) is 36.0 Å². The lowest BCUT2D eigenvalue weighted by Crippen LogP contribution is -2.29. The Balaban J connectivity index is 1.65. The number of nitrogens with one attached hydrogen (secondary N) is 1. The van der Waals surface area contributed by atoms with Crippen LogP contribution in [0.2, 0.25) is 0 Å². The van der Waals surface area contributed by atoms with Crippen LogP contribution in [0, 0.1) is 0 Å². The number of hydrogen-bond donors (Lipinski definition) is 1. The molecule has 0 saturated carbocycles. The number of aromatic nitrogens is 1. The Morgan fingerprint density at radius 2 is 2.24 bits per heavy atom. The second-order valence-corrected chi connectivity index (χ2v) is 6.88. The van der Waals surface area contributed by atoms with E-state index in [4.69, 9.17) is 4.74 Å². The van der Waals surface area contributed by atoms with Gasteiger partial charge in [-0.3, -0.25) is 15.0 Å².